The molecule has 0 aliphatic heterocycles. The Kier molecular flexibility index (Phi) is 8.18. The predicted octanol–water partition coefficient (Wildman–Crippen LogP) is 8.64. The second-order valence-electron chi connectivity index (χ2n) is 15.3. The molecule has 0 spiro atoms. The summed E-state index contributed by atoms with van der Waals surface area (Å²) in [6, 6.07) is 3.27. The van der Waals surface area contributed by atoms with Crippen molar-refractivity contribution in [2.24, 2.45) is 45.3 Å². The molecule has 4 aliphatic rings. The van der Waals surface area contributed by atoms with E-state index in [1.807, 2.05) is 0 Å². The Morgan fingerprint density at radius 2 is 1.28 bits per heavy atom. The van der Waals surface area contributed by atoms with Gasteiger partial charge in [-0.1, -0.05) is 46.8 Å². The largest absolute Gasteiger partial charge is 0.426 e. The van der Waals surface area contributed by atoms with Crippen molar-refractivity contribution < 1.29 is 28.6 Å². The molecule has 1 aromatic rings. The van der Waals surface area contributed by atoms with Crippen LogP contribution in [0.15, 0.2) is 24.3 Å². The van der Waals surface area contributed by atoms with Gasteiger partial charge in [0.15, 0.2) is 11.5 Å². The summed E-state index contributed by atoms with van der Waals surface area (Å²) in [5.74, 6) is 1.29. The van der Waals surface area contributed by atoms with Crippen LogP contribution in [0.1, 0.15) is 119 Å². The van der Waals surface area contributed by atoms with E-state index in [0.29, 0.717) is 41.3 Å². The quantitative estimate of drug-likeness (QED) is 0.193. The maximum absolute atomic E-state index is 12.2. The summed E-state index contributed by atoms with van der Waals surface area (Å²) in [5.41, 5.74) is 3.08. The van der Waals surface area contributed by atoms with Crippen LogP contribution in [-0.2, 0) is 20.8 Å². The standard InChI is InChI=1S/C37H52O6/c1-22-12-16-36(8)29-13-17-34(6)23(2)11-10-15-35(34,7)28(29)14-18-37(36,9)30(22)19-27-20-32(42-25(4)39)33(43-26(5)40)21-31(27)41-24(3)38/h20-22,28-30H,2,10-19H2,1,3-9H3. The maximum atomic E-state index is 12.2. The lowest BCUT2D eigenvalue weighted by Gasteiger charge is -2.71. The lowest BCUT2D eigenvalue weighted by molar-refractivity contribution is -0.210. The minimum atomic E-state index is -0.547. The summed E-state index contributed by atoms with van der Waals surface area (Å²) >= 11 is 0. The van der Waals surface area contributed by atoms with Gasteiger partial charge in [0.1, 0.15) is 5.75 Å². The molecule has 5 rings (SSSR count). The number of carbonyl (C=O) groups is 3. The highest BCUT2D eigenvalue weighted by atomic mass is 16.6. The van der Waals surface area contributed by atoms with Crippen molar-refractivity contribution in [1.29, 1.82) is 0 Å². The first-order valence-corrected chi connectivity index (χ1v) is 16.5. The fourth-order valence-corrected chi connectivity index (χ4v) is 10.8. The fraction of sp³-hybridized carbons (Fsp3) is 0.703. The first kappa shape index (κ1) is 31.8. The number of hydrogen-bond donors (Lipinski definition) is 0. The monoisotopic (exact) mass is 592 g/mol. The molecule has 0 N–H and O–H groups in total. The van der Waals surface area contributed by atoms with Gasteiger partial charge in [-0.3, -0.25) is 14.4 Å². The minimum absolute atomic E-state index is 0.0727. The molecule has 0 aromatic heterocycles. The van der Waals surface area contributed by atoms with Gasteiger partial charge in [-0.25, -0.2) is 0 Å². The van der Waals surface area contributed by atoms with Gasteiger partial charge < -0.3 is 14.2 Å². The number of fused-ring (bicyclic) bond motifs is 5. The molecule has 0 amide bonds. The predicted molar refractivity (Wildman–Crippen MR) is 167 cm³/mol. The lowest BCUT2D eigenvalue weighted by atomic mass is 9.33. The molecule has 6 nitrogen and oxygen atoms in total. The van der Waals surface area contributed by atoms with E-state index in [1.165, 1.54) is 83.8 Å². The average molecular weight is 593 g/mol. The van der Waals surface area contributed by atoms with Crippen LogP contribution in [0, 0.1) is 45.3 Å². The smallest absolute Gasteiger partial charge is 0.308 e. The molecule has 8 atom stereocenters. The van der Waals surface area contributed by atoms with Crippen molar-refractivity contribution in [3.05, 3.63) is 29.8 Å². The molecule has 43 heavy (non-hydrogen) atoms. The molecular formula is C37H52O6. The summed E-state index contributed by atoms with van der Waals surface area (Å²) in [7, 11) is 0. The third kappa shape index (κ3) is 5.05. The van der Waals surface area contributed by atoms with E-state index in [-0.39, 0.29) is 27.7 Å². The van der Waals surface area contributed by atoms with Crippen molar-refractivity contribution in [3.8, 4) is 17.2 Å². The summed E-state index contributed by atoms with van der Waals surface area (Å²) < 4.78 is 16.6. The molecule has 236 valence electrons. The summed E-state index contributed by atoms with van der Waals surface area (Å²) in [5, 5.41) is 0. The highest BCUT2D eigenvalue weighted by Crippen LogP contribution is 2.75. The maximum Gasteiger partial charge on any atom is 0.308 e. The number of hydrogen-bond acceptors (Lipinski definition) is 6. The van der Waals surface area contributed by atoms with Crippen LogP contribution >= 0.6 is 0 Å². The summed E-state index contributed by atoms with van der Waals surface area (Å²) in [4.78, 5) is 36.0. The lowest BCUT2D eigenvalue weighted by Crippen LogP contribution is -2.64. The van der Waals surface area contributed by atoms with Gasteiger partial charge in [0, 0.05) is 26.8 Å². The molecule has 0 radical (unpaired) electrons. The fourth-order valence-electron chi connectivity index (χ4n) is 10.8. The molecule has 0 saturated heterocycles. The number of rotatable bonds is 5. The molecule has 0 bridgehead atoms. The molecule has 4 saturated carbocycles. The van der Waals surface area contributed by atoms with E-state index >= 15 is 0 Å². The zero-order valence-corrected chi connectivity index (χ0v) is 27.7. The Balaban J connectivity index is 1.54. The Morgan fingerprint density at radius 3 is 1.91 bits per heavy atom. The van der Waals surface area contributed by atoms with Crippen molar-refractivity contribution in [2.45, 2.75) is 120 Å². The van der Waals surface area contributed by atoms with Crippen LogP contribution in [0.5, 0.6) is 17.2 Å². The van der Waals surface area contributed by atoms with Crippen LogP contribution in [0.2, 0.25) is 0 Å². The van der Waals surface area contributed by atoms with Crippen molar-refractivity contribution in [3.63, 3.8) is 0 Å². The van der Waals surface area contributed by atoms with E-state index in [4.69, 9.17) is 14.2 Å². The molecular weight excluding hydrogens is 540 g/mol. The number of allylic oxidation sites excluding steroid dienone is 1. The number of benzene rings is 1. The van der Waals surface area contributed by atoms with E-state index in [9.17, 15) is 14.4 Å². The minimum Gasteiger partial charge on any atom is -0.426 e. The Labute approximate surface area is 258 Å². The van der Waals surface area contributed by atoms with E-state index in [1.54, 1.807) is 6.07 Å². The molecule has 6 heteroatoms. The van der Waals surface area contributed by atoms with Crippen molar-refractivity contribution >= 4 is 17.9 Å². The number of ether oxygens (including phenoxy) is 3. The number of carbonyl (C=O) groups excluding carboxylic acids is 3. The molecule has 0 heterocycles. The van der Waals surface area contributed by atoms with Gasteiger partial charge in [0.05, 0.1) is 0 Å². The van der Waals surface area contributed by atoms with E-state index in [2.05, 4.69) is 41.2 Å². The van der Waals surface area contributed by atoms with Crippen LogP contribution in [-0.4, -0.2) is 17.9 Å². The third-order valence-corrected chi connectivity index (χ3v) is 13.5. The molecule has 4 aliphatic carbocycles. The van der Waals surface area contributed by atoms with Crippen molar-refractivity contribution in [2.75, 3.05) is 0 Å². The van der Waals surface area contributed by atoms with Gasteiger partial charge >= 0.3 is 17.9 Å². The third-order valence-electron chi connectivity index (χ3n) is 13.5. The SMILES string of the molecule is C=C1CCCC2(C)C3CCC4(C)C(Cc5cc(OC(C)=O)c(OC(C)=O)cc5OC(C)=O)C(C)CCC4(C)C3CCC12C. The Hall–Kier alpha value is -2.63. The van der Waals surface area contributed by atoms with Crippen LogP contribution in [0.4, 0.5) is 0 Å². The summed E-state index contributed by atoms with van der Waals surface area (Å²) in [6.45, 7) is 21.2. The Bertz CT molecular complexity index is 1330. The van der Waals surface area contributed by atoms with Gasteiger partial charge in [0.2, 0.25) is 0 Å². The molecule has 8 unspecified atom stereocenters. The van der Waals surface area contributed by atoms with Crippen LogP contribution in [0.25, 0.3) is 0 Å². The van der Waals surface area contributed by atoms with Gasteiger partial charge in [-0.15, -0.1) is 0 Å². The zero-order chi connectivity index (χ0) is 31.5. The highest BCUT2D eigenvalue weighted by molar-refractivity contribution is 5.75. The zero-order valence-electron chi connectivity index (χ0n) is 27.7. The van der Waals surface area contributed by atoms with E-state index in [0.717, 1.165) is 12.0 Å². The number of esters is 3. The van der Waals surface area contributed by atoms with Crippen molar-refractivity contribution in [1.82, 2.24) is 0 Å². The first-order valence-electron chi connectivity index (χ1n) is 16.5. The van der Waals surface area contributed by atoms with Gasteiger partial charge in [-0.05, 0) is 121 Å². The first-order chi connectivity index (χ1) is 20.1. The second kappa shape index (κ2) is 11.1. The topological polar surface area (TPSA) is 78.9 Å². The Morgan fingerprint density at radius 1 is 0.744 bits per heavy atom. The normalized spacial score (nSPS) is 38.7. The van der Waals surface area contributed by atoms with Gasteiger partial charge in [0.25, 0.3) is 0 Å². The van der Waals surface area contributed by atoms with Crippen LogP contribution < -0.4 is 14.2 Å². The second-order valence-corrected chi connectivity index (χ2v) is 15.3. The van der Waals surface area contributed by atoms with E-state index < -0.39 is 17.9 Å². The van der Waals surface area contributed by atoms with Crippen LogP contribution in [0.3, 0.4) is 0 Å². The highest BCUT2D eigenvalue weighted by Gasteiger charge is 2.67. The molecule has 4 fully saturated rings. The summed E-state index contributed by atoms with van der Waals surface area (Å²) in [6.07, 6.45) is 11.7. The van der Waals surface area contributed by atoms with Gasteiger partial charge in [-0.2, -0.15) is 0 Å². The molecule has 1 aromatic carbocycles. The average Bonchev–Trinajstić information content (AvgIpc) is 2.90.